The van der Waals surface area contributed by atoms with Crippen LogP contribution in [0.5, 0.6) is 5.75 Å². The molecule has 0 aromatic heterocycles. The molecular formula is C25H33N3O3S. The van der Waals surface area contributed by atoms with Crippen molar-refractivity contribution < 1.29 is 14.3 Å². The van der Waals surface area contributed by atoms with Gasteiger partial charge in [-0.05, 0) is 75.2 Å². The fourth-order valence-corrected chi connectivity index (χ4v) is 3.35. The minimum Gasteiger partial charge on any atom is -0.493 e. The second-order valence-electron chi connectivity index (χ2n) is 8.42. The molecule has 0 aliphatic rings. The summed E-state index contributed by atoms with van der Waals surface area (Å²) >= 11 is 5.32. The second kappa shape index (κ2) is 11.6. The van der Waals surface area contributed by atoms with Crippen LogP contribution in [0.4, 0.5) is 5.69 Å². The van der Waals surface area contributed by atoms with Gasteiger partial charge < -0.3 is 20.7 Å². The molecule has 3 N–H and O–H groups in total. The first-order valence-electron chi connectivity index (χ1n) is 10.8. The van der Waals surface area contributed by atoms with Crippen LogP contribution in [0.1, 0.15) is 55.1 Å². The molecule has 0 aliphatic carbocycles. The highest BCUT2D eigenvalue weighted by atomic mass is 32.1. The van der Waals surface area contributed by atoms with Gasteiger partial charge in [-0.15, -0.1) is 0 Å². The summed E-state index contributed by atoms with van der Waals surface area (Å²) in [7, 11) is 0. The molecule has 172 valence electrons. The fourth-order valence-electron chi connectivity index (χ4n) is 3.14. The summed E-state index contributed by atoms with van der Waals surface area (Å²) in [4.78, 5) is 25.0. The maximum Gasteiger partial charge on any atom is 0.253 e. The predicted octanol–water partition coefficient (Wildman–Crippen LogP) is 4.75. The quantitative estimate of drug-likeness (QED) is 0.376. The molecule has 0 bridgehead atoms. The Balaban J connectivity index is 1.87. The Hall–Kier alpha value is -2.93. The van der Waals surface area contributed by atoms with E-state index in [9.17, 15) is 9.59 Å². The summed E-state index contributed by atoms with van der Waals surface area (Å²) in [6, 6.07) is 13.2. The van der Waals surface area contributed by atoms with Crippen LogP contribution in [-0.2, 0) is 4.79 Å². The van der Waals surface area contributed by atoms with Crippen LogP contribution in [0.3, 0.4) is 0 Å². The van der Waals surface area contributed by atoms with Crippen LogP contribution in [0.2, 0.25) is 0 Å². The third-order valence-corrected chi connectivity index (χ3v) is 5.35. The minimum absolute atomic E-state index is 0.159. The molecule has 2 aromatic carbocycles. The van der Waals surface area contributed by atoms with Crippen LogP contribution < -0.4 is 20.7 Å². The van der Waals surface area contributed by atoms with E-state index >= 15 is 0 Å². The highest BCUT2D eigenvalue weighted by Crippen LogP contribution is 2.24. The van der Waals surface area contributed by atoms with Crippen LogP contribution in [-0.4, -0.2) is 30.1 Å². The lowest BCUT2D eigenvalue weighted by molar-refractivity contribution is -0.128. The molecule has 2 rings (SSSR count). The number of benzene rings is 2. The van der Waals surface area contributed by atoms with Crippen molar-refractivity contribution in [3.63, 3.8) is 0 Å². The summed E-state index contributed by atoms with van der Waals surface area (Å²) < 4.78 is 5.90. The maximum absolute atomic E-state index is 12.8. The van der Waals surface area contributed by atoms with Crippen molar-refractivity contribution >= 4 is 34.8 Å². The summed E-state index contributed by atoms with van der Waals surface area (Å²) in [5.41, 5.74) is 2.63. The number of para-hydroxylation sites is 1. The third kappa shape index (κ3) is 7.34. The highest BCUT2D eigenvalue weighted by molar-refractivity contribution is 7.80. The smallest absolute Gasteiger partial charge is 0.253 e. The first-order valence-corrected chi connectivity index (χ1v) is 11.2. The summed E-state index contributed by atoms with van der Waals surface area (Å²) in [5, 5.41) is 8.64. The zero-order valence-corrected chi connectivity index (χ0v) is 20.3. The third-order valence-electron chi connectivity index (χ3n) is 5.15. The van der Waals surface area contributed by atoms with Crippen molar-refractivity contribution in [2.24, 2.45) is 5.41 Å². The number of carbonyl (C=O) groups is 2. The van der Waals surface area contributed by atoms with Crippen molar-refractivity contribution in [2.75, 3.05) is 18.5 Å². The average molecular weight is 456 g/mol. The van der Waals surface area contributed by atoms with Gasteiger partial charge in [-0.25, -0.2) is 0 Å². The van der Waals surface area contributed by atoms with E-state index in [4.69, 9.17) is 17.0 Å². The van der Waals surface area contributed by atoms with Gasteiger partial charge in [0, 0.05) is 12.0 Å². The number of thiocarbonyl (C=S) groups is 1. The first kappa shape index (κ1) is 25.3. The van der Waals surface area contributed by atoms with Crippen molar-refractivity contribution in [1.29, 1.82) is 0 Å². The number of hydrogen-bond acceptors (Lipinski definition) is 4. The van der Waals surface area contributed by atoms with Crippen molar-refractivity contribution in [1.82, 2.24) is 10.6 Å². The monoisotopic (exact) mass is 455 g/mol. The van der Waals surface area contributed by atoms with Crippen LogP contribution in [0.25, 0.3) is 0 Å². The lowest BCUT2D eigenvalue weighted by Gasteiger charge is -2.24. The second-order valence-corrected chi connectivity index (χ2v) is 8.83. The standard InChI is InChI=1S/C25H33N3O3S/c1-6-26-22(29)19-10-7-8-11-20(19)27-24(32)28-23(30)25(4,5)14-9-15-31-21-16-17(2)12-13-18(21)3/h7-8,10-13,16H,6,9,14-15H2,1-5H3,(H,26,29)(H2,27,28,30,32). The number of rotatable bonds is 9. The zero-order chi connectivity index (χ0) is 23.7. The van der Waals surface area contributed by atoms with E-state index in [2.05, 4.69) is 22.0 Å². The molecule has 2 amide bonds. The number of carbonyl (C=O) groups excluding carboxylic acids is 2. The highest BCUT2D eigenvalue weighted by Gasteiger charge is 2.28. The van der Waals surface area contributed by atoms with E-state index in [-0.39, 0.29) is 16.9 Å². The Morgan fingerprint density at radius 1 is 1.09 bits per heavy atom. The number of nitrogens with one attached hydrogen (secondary N) is 3. The zero-order valence-electron chi connectivity index (χ0n) is 19.5. The topological polar surface area (TPSA) is 79.5 Å². The number of amides is 2. The van der Waals surface area contributed by atoms with E-state index in [0.717, 1.165) is 23.3 Å². The van der Waals surface area contributed by atoms with Gasteiger partial charge in [0.15, 0.2) is 5.11 Å². The van der Waals surface area contributed by atoms with Crippen LogP contribution in [0.15, 0.2) is 42.5 Å². The lowest BCUT2D eigenvalue weighted by atomic mass is 9.87. The van der Waals surface area contributed by atoms with Gasteiger partial charge >= 0.3 is 0 Å². The molecule has 0 spiro atoms. The Kier molecular flexibility index (Phi) is 9.20. The predicted molar refractivity (Wildman–Crippen MR) is 133 cm³/mol. The Morgan fingerprint density at radius 2 is 1.81 bits per heavy atom. The van der Waals surface area contributed by atoms with E-state index < -0.39 is 5.41 Å². The molecule has 0 heterocycles. The number of hydrogen-bond donors (Lipinski definition) is 3. The molecular weight excluding hydrogens is 422 g/mol. The van der Waals surface area contributed by atoms with E-state index in [1.54, 1.807) is 24.3 Å². The van der Waals surface area contributed by atoms with Crippen molar-refractivity contribution in [2.45, 2.75) is 47.5 Å². The normalized spacial score (nSPS) is 10.9. The molecule has 0 radical (unpaired) electrons. The molecule has 6 nitrogen and oxygen atoms in total. The van der Waals surface area contributed by atoms with E-state index in [1.807, 2.05) is 46.8 Å². The van der Waals surface area contributed by atoms with Crippen molar-refractivity contribution in [3.8, 4) is 5.75 Å². The minimum atomic E-state index is -0.629. The van der Waals surface area contributed by atoms with E-state index in [0.29, 0.717) is 30.8 Å². The maximum atomic E-state index is 12.8. The van der Waals surface area contributed by atoms with Gasteiger partial charge in [-0.3, -0.25) is 9.59 Å². The van der Waals surface area contributed by atoms with Crippen LogP contribution >= 0.6 is 12.2 Å². The number of ether oxygens (including phenoxy) is 1. The summed E-state index contributed by atoms with van der Waals surface area (Å²) in [5.74, 6) is 0.495. The molecule has 0 unspecified atom stereocenters. The lowest BCUT2D eigenvalue weighted by Crippen LogP contribution is -2.42. The fraction of sp³-hybridized carbons (Fsp3) is 0.400. The Labute approximate surface area is 196 Å². The first-order chi connectivity index (χ1) is 15.1. The van der Waals surface area contributed by atoms with Gasteiger partial charge in [0.2, 0.25) is 5.91 Å². The molecule has 2 aromatic rings. The van der Waals surface area contributed by atoms with Gasteiger partial charge in [-0.2, -0.15) is 0 Å². The van der Waals surface area contributed by atoms with Gasteiger partial charge in [-0.1, -0.05) is 38.1 Å². The van der Waals surface area contributed by atoms with Crippen LogP contribution in [0, 0.1) is 19.3 Å². The van der Waals surface area contributed by atoms with Crippen molar-refractivity contribution in [3.05, 3.63) is 59.2 Å². The molecule has 32 heavy (non-hydrogen) atoms. The van der Waals surface area contributed by atoms with Gasteiger partial charge in [0.25, 0.3) is 5.91 Å². The summed E-state index contributed by atoms with van der Waals surface area (Å²) in [6.07, 6.45) is 1.37. The molecule has 0 saturated heterocycles. The molecule has 7 heteroatoms. The van der Waals surface area contributed by atoms with Gasteiger partial charge in [0.05, 0.1) is 17.9 Å². The molecule has 0 atom stereocenters. The number of aryl methyl sites for hydroxylation is 2. The van der Waals surface area contributed by atoms with Gasteiger partial charge in [0.1, 0.15) is 5.75 Å². The largest absolute Gasteiger partial charge is 0.493 e. The SMILES string of the molecule is CCNC(=O)c1ccccc1NC(=S)NC(=O)C(C)(C)CCCOc1cc(C)ccc1C. The van der Waals surface area contributed by atoms with E-state index in [1.165, 1.54) is 0 Å². The summed E-state index contributed by atoms with van der Waals surface area (Å²) in [6.45, 7) is 10.7. The molecule has 0 saturated carbocycles. The average Bonchev–Trinajstić information content (AvgIpc) is 2.74. The Bertz CT molecular complexity index is 973. The Morgan fingerprint density at radius 3 is 2.53 bits per heavy atom. The molecule has 0 fully saturated rings. The number of anilines is 1. The molecule has 0 aliphatic heterocycles.